The lowest BCUT2D eigenvalue weighted by atomic mass is 9.86. The van der Waals surface area contributed by atoms with Crippen LogP contribution in [-0.2, 0) is 30.3 Å². The monoisotopic (exact) mass is 678 g/mol. The summed E-state index contributed by atoms with van der Waals surface area (Å²) in [6.45, 7) is 3.37. The number of fused-ring (bicyclic) bond motifs is 1. The van der Waals surface area contributed by atoms with E-state index >= 15 is 0 Å². The fourth-order valence-corrected chi connectivity index (χ4v) is 7.30. The van der Waals surface area contributed by atoms with E-state index in [0.717, 1.165) is 15.0 Å². The molecular weight excluding hydrogens is 640 g/mol. The van der Waals surface area contributed by atoms with E-state index in [9.17, 15) is 39.9 Å². The number of esters is 1. The zero-order chi connectivity index (χ0) is 33.8. The Kier molecular flexibility index (Phi) is 12.0. The van der Waals surface area contributed by atoms with Gasteiger partial charge in [-0.05, 0) is 25.3 Å². The lowest BCUT2D eigenvalue weighted by Crippen LogP contribution is -2.60. The normalized spacial score (nSPS) is 29.9. The lowest BCUT2D eigenvalue weighted by Gasteiger charge is -2.37. The predicted molar refractivity (Wildman–Crippen MR) is 169 cm³/mol. The van der Waals surface area contributed by atoms with E-state index in [-0.39, 0.29) is 31.5 Å². The topological polar surface area (TPSA) is 191 Å². The van der Waals surface area contributed by atoms with Crippen LogP contribution in [-0.4, -0.2) is 91.3 Å². The molecular formula is C33H39ClO11S. The van der Waals surface area contributed by atoms with Gasteiger partial charge < -0.3 is 40.1 Å². The second-order valence-corrected chi connectivity index (χ2v) is 13.7. The number of aliphatic carboxylic acids is 1. The average molecular weight is 679 g/mol. The number of ether oxygens (including phenoxy) is 2. The molecule has 4 rings (SSSR count). The van der Waals surface area contributed by atoms with Gasteiger partial charge in [-0.15, -0.1) is 23.2 Å². The number of hydrogen-bond donors (Lipinski definition) is 6. The van der Waals surface area contributed by atoms with Crippen molar-refractivity contribution < 1.29 is 54.5 Å². The van der Waals surface area contributed by atoms with Crippen LogP contribution in [0.25, 0.3) is 10.1 Å². The minimum absolute atomic E-state index is 0.128. The first kappa shape index (κ1) is 36.0. The molecule has 1 aliphatic heterocycles. The van der Waals surface area contributed by atoms with Gasteiger partial charge in [-0.1, -0.05) is 55.8 Å². The molecule has 1 aromatic heterocycles. The van der Waals surface area contributed by atoms with E-state index < -0.39 is 72.1 Å². The number of halogens is 1. The number of unbranched alkanes of at least 4 members (excludes halogenated alkanes) is 1. The molecule has 2 heterocycles. The number of aryl methyl sites for hydroxylation is 1. The Morgan fingerprint density at radius 3 is 2.54 bits per heavy atom. The summed E-state index contributed by atoms with van der Waals surface area (Å²) < 4.78 is 11.0. The van der Waals surface area contributed by atoms with Crippen molar-refractivity contribution in [1.29, 1.82) is 0 Å². The SMILES string of the molecule is CC1(C)C(=O)[C@H](CC#CCCCC(=O)OC2O[C@H](C(=O)O)[C@@H](O)[C@H](O)[C@H]2O)[C@@H](/C=C/C(O)CCc2sc3ccccc3c2Cl)[C@@H]1O. The molecule has 1 saturated carbocycles. The predicted octanol–water partition coefficient (Wildman–Crippen LogP) is 2.61. The Hall–Kier alpha value is -2.86. The fourth-order valence-electron chi connectivity index (χ4n) is 5.75. The van der Waals surface area contributed by atoms with Crippen LogP contribution in [0.1, 0.15) is 50.8 Å². The van der Waals surface area contributed by atoms with Crippen LogP contribution in [0.5, 0.6) is 0 Å². The third kappa shape index (κ3) is 7.98. The number of rotatable bonds is 11. The smallest absolute Gasteiger partial charge is 0.335 e. The first-order valence-electron chi connectivity index (χ1n) is 15.1. The second kappa shape index (κ2) is 15.4. The van der Waals surface area contributed by atoms with Gasteiger partial charge in [0, 0.05) is 46.1 Å². The molecule has 0 spiro atoms. The number of aliphatic hydroxyl groups excluding tert-OH is 5. The maximum absolute atomic E-state index is 13.2. The molecule has 6 N–H and O–H groups in total. The Balaban J connectivity index is 1.27. The minimum atomic E-state index is -1.89. The average Bonchev–Trinajstić information content (AvgIpc) is 3.42. The van der Waals surface area contributed by atoms with Crippen molar-refractivity contribution in [3.05, 3.63) is 46.3 Å². The van der Waals surface area contributed by atoms with E-state index in [1.165, 1.54) is 0 Å². The van der Waals surface area contributed by atoms with Crippen LogP contribution < -0.4 is 0 Å². The van der Waals surface area contributed by atoms with Crippen LogP contribution in [0.4, 0.5) is 0 Å². The number of carbonyl (C=O) groups excluding carboxylic acids is 2. The third-order valence-electron chi connectivity index (χ3n) is 8.55. The Morgan fingerprint density at radius 2 is 1.85 bits per heavy atom. The van der Waals surface area contributed by atoms with E-state index in [1.54, 1.807) is 37.3 Å². The van der Waals surface area contributed by atoms with Crippen molar-refractivity contribution in [3.63, 3.8) is 0 Å². The summed E-state index contributed by atoms with van der Waals surface area (Å²) in [5, 5.41) is 62.0. The maximum atomic E-state index is 13.2. The number of thiophene rings is 1. The summed E-state index contributed by atoms with van der Waals surface area (Å²) in [7, 11) is 0. The van der Waals surface area contributed by atoms with Crippen LogP contribution in [0.3, 0.4) is 0 Å². The van der Waals surface area contributed by atoms with Crippen LogP contribution in [0.15, 0.2) is 36.4 Å². The van der Waals surface area contributed by atoms with E-state index in [4.69, 9.17) is 26.2 Å². The number of carbonyl (C=O) groups is 3. The van der Waals surface area contributed by atoms with E-state index in [1.807, 2.05) is 24.3 Å². The molecule has 11 nitrogen and oxygen atoms in total. The van der Waals surface area contributed by atoms with Gasteiger partial charge in [0.2, 0.25) is 6.29 Å². The van der Waals surface area contributed by atoms with Crippen molar-refractivity contribution in [2.75, 3.05) is 0 Å². The van der Waals surface area contributed by atoms with Crippen LogP contribution >= 0.6 is 22.9 Å². The minimum Gasteiger partial charge on any atom is -0.479 e. The van der Waals surface area contributed by atoms with Crippen molar-refractivity contribution in [1.82, 2.24) is 0 Å². The standard InChI is InChI=1S/C33H39ClO11S/c1-33(2)29(40)18(9-5-3-4-6-12-23(36)44-32-27(39)25(37)26(38)28(45-32)31(42)43)19(30(33)41)15-13-17(35)14-16-22-24(34)20-10-7-8-11-21(20)46-22/h7-8,10-11,13,15,17-19,25-28,30,32,35,37-39,41H,4,6,9,12,14,16H2,1-2H3,(H,42,43)/b15-13+/t17?,18-,19-,25+,26+,27-,28+,30+,32?/m1/s1. The largest absolute Gasteiger partial charge is 0.479 e. The zero-order valence-electron chi connectivity index (χ0n) is 25.4. The highest BCUT2D eigenvalue weighted by Crippen LogP contribution is 2.44. The number of benzene rings is 1. The highest BCUT2D eigenvalue weighted by atomic mass is 35.5. The van der Waals surface area contributed by atoms with Gasteiger partial charge in [-0.3, -0.25) is 9.59 Å². The number of aliphatic hydroxyl groups is 5. The molecule has 0 radical (unpaired) electrons. The molecule has 1 aliphatic carbocycles. The molecule has 1 aromatic carbocycles. The number of carboxylic acid groups (broad SMARTS) is 1. The first-order chi connectivity index (χ1) is 21.7. The molecule has 2 aromatic rings. The van der Waals surface area contributed by atoms with Gasteiger partial charge in [-0.25, -0.2) is 4.79 Å². The summed E-state index contributed by atoms with van der Waals surface area (Å²) in [6.07, 6.45) is -6.18. The summed E-state index contributed by atoms with van der Waals surface area (Å²) >= 11 is 8.12. The van der Waals surface area contributed by atoms with Gasteiger partial charge in [0.1, 0.15) is 24.1 Å². The molecule has 9 atom stereocenters. The van der Waals surface area contributed by atoms with Gasteiger partial charge in [0.05, 0.1) is 22.6 Å². The van der Waals surface area contributed by atoms with Crippen molar-refractivity contribution in [3.8, 4) is 11.8 Å². The molecule has 1 saturated heterocycles. The number of Topliss-reactive ketones (excluding diaryl/α,β-unsaturated/α-hetero) is 1. The van der Waals surface area contributed by atoms with Gasteiger partial charge in [0.15, 0.2) is 6.10 Å². The van der Waals surface area contributed by atoms with Gasteiger partial charge in [-0.2, -0.15) is 0 Å². The molecule has 0 bridgehead atoms. The number of hydrogen-bond acceptors (Lipinski definition) is 11. The van der Waals surface area contributed by atoms with Crippen molar-refractivity contribution >= 4 is 50.7 Å². The van der Waals surface area contributed by atoms with E-state index in [0.29, 0.717) is 17.9 Å². The van der Waals surface area contributed by atoms with Gasteiger partial charge in [0.25, 0.3) is 0 Å². The molecule has 2 unspecified atom stereocenters. The molecule has 13 heteroatoms. The van der Waals surface area contributed by atoms with Gasteiger partial charge >= 0.3 is 11.9 Å². The Bertz CT molecular complexity index is 1510. The number of ketones is 1. The van der Waals surface area contributed by atoms with E-state index in [2.05, 4.69) is 11.8 Å². The molecule has 0 amide bonds. The summed E-state index contributed by atoms with van der Waals surface area (Å²) in [6, 6.07) is 7.84. The summed E-state index contributed by atoms with van der Waals surface area (Å²) in [4.78, 5) is 37.6. The maximum Gasteiger partial charge on any atom is 0.335 e. The van der Waals surface area contributed by atoms with Crippen LogP contribution in [0, 0.1) is 29.1 Å². The quantitative estimate of drug-likeness (QED) is 0.0886. The molecule has 250 valence electrons. The van der Waals surface area contributed by atoms with Crippen LogP contribution in [0.2, 0.25) is 5.02 Å². The fraction of sp³-hybridized carbons (Fsp3) is 0.545. The molecule has 2 aliphatic rings. The second-order valence-electron chi connectivity index (χ2n) is 12.2. The molecule has 2 fully saturated rings. The third-order valence-corrected chi connectivity index (χ3v) is 10.3. The summed E-state index contributed by atoms with van der Waals surface area (Å²) in [5.74, 6) is 2.19. The molecule has 46 heavy (non-hydrogen) atoms. The Morgan fingerprint density at radius 1 is 1.13 bits per heavy atom. The Labute approximate surface area is 275 Å². The highest BCUT2D eigenvalue weighted by molar-refractivity contribution is 7.19. The van der Waals surface area contributed by atoms with Crippen molar-refractivity contribution in [2.45, 2.75) is 95.3 Å². The first-order valence-corrected chi connectivity index (χ1v) is 16.3. The lowest BCUT2D eigenvalue weighted by molar-refractivity contribution is -0.286. The summed E-state index contributed by atoms with van der Waals surface area (Å²) in [5.41, 5.74) is -0.990. The number of carboxylic acids is 1. The van der Waals surface area contributed by atoms with Crippen molar-refractivity contribution in [2.24, 2.45) is 17.3 Å². The highest BCUT2D eigenvalue weighted by Gasteiger charge is 2.53. The zero-order valence-corrected chi connectivity index (χ0v) is 27.0.